The Kier molecular flexibility index (Phi) is 3.57. The van der Waals surface area contributed by atoms with Crippen molar-refractivity contribution < 1.29 is 19.1 Å². The molecule has 124 valence electrons. The fourth-order valence-electron chi connectivity index (χ4n) is 5.52. The lowest BCUT2D eigenvalue weighted by Crippen LogP contribution is -2.41. The van der Waals surface area contributed by atoms with Crippen LogP contribution in [-0.4, -0.2) is 24.6 Å². The van der Waals surface area contributed by atoms with E-state index in [1.165, 1.54) is 0 Å². The van der Waals surface area contributed by atoms with Gasteiger partial charge in [0.1, 0.15) is 6.10 Å². The number of hydrogen-bond donors (Lipinski definition) is 0. The fourth-order valence-corrected chi connectivity index (χ4v) is 5.52. The number of hydrogen-bond acceptors (Lipinski definition) is 4. The Balaban J connectivity index is 1.93. The second kappa shape index (κ2) is 4.97. The first kappa shape index (κ1) is 15.8. The molecule has 4 heteroatoms. The molecule has 3 fully saturated rings. The van der Waals surface area contributed by atoms with Gasteiger partial charge in [-0.15, -0.1) is 0 Å². The highest BCUT2D eigenvalue weighted by Crippen LogP contribution is 2.70. The van der Waals surface area contributed by atoms with Crippen molar-refractivity contribution >= 4 is 11.9 Å². The summed E-state index contributed by atoms with van der Waals surface area (Å²) in [5.74, 6) is 0.673. The van der Waals surface area contributed by atoms with Gasteiger partial charge in [0.15, 0.2) is 0 Å². The largest absolute Gasteiger partial charge is 0.465 e. The summed E-state index contributed by atoms with van der Waals surface area (Å²) in [6, 6.07) is 0. The van der Waals surface area contributed by atoms with Gasteiger partial charge in [-0.25, -0.2) is 0 Å². The number of ether oxygens (including phenoxy) is 2. The number of rotatable bonds is 4. The van der Waals surface area contributed by atoms with E-state index in [1.54, 1.807) is 0 Å². The van der Waals surface area contributed by atoms with Crippen molar-refractivity contribution in [1.29, 1.82) is 0 Å². The van der Waals surface area contributed by atoms with Crippen LogP contribution in [0.25, 0.3) is 0 Å². The molecule has 3 aliphatic rings. The molecule has 0 N–H and O–H groups in total. The van der Waals surface area contributed by atoms with Crippen molar-refractivity contribution in [2.75, 3.05) is 6.61 Å². The lowest BCUT2D eigenvalue weighted by Gasteiger charge is -2.34. The van der Waals surface area contributed by atoms with Crippen LogP contribution in [0.5, 0.6) is 0 Å². The zero-order chi connectivity index (χ0) is 16.4. The number of esters is 2. The lowest BCUT2D eigenvalue weighted by molar-refractivity contribution is -0.158. The maximum absolute atomic E-state index is 12.7. The minimum atomic E-state index is -0.283. The Morgan fingerprint density at radius 2 is 1.86 bits per heavy atom. The Hall–Kier alpha value is -1.06. The molecule has 1 aliphatic heterocycles. The van der Waals surface area contributed by atoms with Gasteiger partial charge in [-0.05, 0) is 29.1 Å². The highest BCUT2D eigenvalue weighted by atomic mass is 16.6. The average molecular weight is 308 g/mol. The number of carbonyl (C=O) groups is 2. The Bertz CT molecular complexity index is 493. The maximum Gasteiger partial charge on any atom is 0.313 e. The van der Waals surface area contributed by atoms with Crippen LogP contribution in [0.1, 0.15) is 41.5 Å². The van der Waals surface area contributed by atoms with E-state index in [1.807, 2.05) is 13.8 Å². The molecule has 0 spiro atoms. The molecule has 22 heavy (non-hydrogen) atoms. The highest BCUT2D eigenvalue weighted by molar-refractivity contribution is 5.82. The molecule has 6 atom stereocenters. The first-order valence-corrected chi connectivity index (χ1v) is 8.55. The van der Waals surface area contributed by atoms with Gasteiger partial charge in [0.25, 0.3) is 0 Å². The molecule has 0 amide bonds. The molecule has 0 aromatic carbocycles. The maximum atomic E-state index is 12.7. The molecule has 0 radical (unpaired) electrons. The van der Waals surface area contributed by atoms with Crippen molar-refractivity contribution in [3.63, 3.8) is 0 Å². The quantitative estimate of drug-likeness (QED) is 0.749. The Morgan fingerprint density at radius 1 is 1.23 bits per heavy atom. The summed E-state index contributed by atoms with van der Waals surface area (Å²) in [5.41, 5.74) is -0.0437. The molecule has 2 saturated carbocycles. The average Bonchev–Trinajstić information content (AvgIpc) is 2.88. The SMILES string of the molecule is CC(C)COC(=O)C1C2OC(=O)C3C(C(C)C)C1C(C)(C)C23. The van der Waals surface area contributed by atoms with E-state index < -0.39 is 0 Å². The minimum Gasteiger partial charge on any atom is -0.465 e. The number of fused-ring (bicyclic) bond motifs is 1. The van der Waals surface area contributed by atoms with E-state index in [0.717, 1.165) is 0 Å². The summed E-state index contributed by atoms with van der Waals surface area (Å²) in [6.07, 6.45) is -0.271. The predicted octanol–water partition coefficient (Wildman–Crippen LogP) is 2.90. The van der Waals surface area contributed by atoms with Gasteiger partial charge in [0, 0.05) is 5.92 Å². The van der Waals surface area contributed by atoms with E-state index in [9.17, 15) is 9.59 Å². The normalized spacial score (nSPS) is 41.4. The Labute approximate surface area is 132 Å². The summed E-state index contributed by atoms with van der Waals surface area (Å²) in [7, 11) is 0. The molecule has 4 nitrogen and oxygen atoms in total. The van der Waals surface area contributed by atoms with Gasteiger partial charge in [-0.3, -0.25) is 9.59 Å². The van der Waals surface area contributed by atoms with Crippen molar-refractivity contribution in [2.24, 2.45) is 46.8 Å². The molecule has 0 aromatic rings. The predicted molar refractivity (Wildman–Crippen MR) is 81.7 cm³/mol. The summed E-state index contributed by atoms with van der Waals surface area (Å²) in [5, 5.41) is 0. The second-order valence-electron chi connectivity index (χ2n) is 8.67. The molecular weight excluding hydrogens is 280 g/mol. The molecule has 1 saturated heterocycles. The molecule has 6 unspecified atom stereocenters. The van der Waals surface area contributed by atoms with E-state index >= 15 is 0 Å². The van der Waals surface area contributed by atoms with Crippen molar-refractivity contribution in [3.05, 3.63) is 0 Å². The summed E-state index contributed by atoms with van der Waals surface area (Å²) in [6.45, 7) is 13.2. The first-order chi connectivity index (χ1) is 10.2. The molecule has 3 rings (SSSR count). The lowest BCUT2D eigenvalue weighted by atomic mass is 9.69. The number of carbonyl (C=O) groups excluding carboxylic acids is 2. The van der Waals surface area contributed by atoms with E-state index in [2.05, 4.69) is 27.7 Å². The van der Waals surface area contributed by atoms with E-state index in [4.69, 9.17) is 9.47 Å². The van der Waals surface area contributed by atoms with Gasteiger partial charge in [-0.2, -0.15) is 0 Å². The third-order valence-corrected chi connectivity index (χ3v) is 6.15. The van der Waals surface area contributed by atoms with Gasteiger partial charge < -0.3 is 9.47 Å². The van der Waals surface area contributed by atoms with Crippen molar-refractivity contribution in [3.8, 4) is 0 Å². The summed E-state index contributed by atoms with van der Waals surface area (Å²) < 4.78 is 11.2. The molecule has 2 aliphatic carbocycles. The monoisotopic (exact) mass is 308 g/mol. The third-order valence-electron chi connectivity index (χ3n) is 6.15. The van der Waals surface area contributed by atoms with Crippen LogP contribution in [0.4, 0.5) is 0 Å². The minimum absolute atomic E-state index is 0.0286. The van der Waals surface area contributed by atoms with Crippen LogP contribution < -0.4 is 0 Å². The van der Waals surface area contributed by atoms with Crippen molar-refractivity contribution in [1.82, 2.24) is 0 Å². The molecule has 0 aromatic heterocycles. The van der Waals surface area contributed by atoms with Crippen molar-refractivity contribution in [2.45, 2.75) is 47.6 Å². The topological polar surface area (TPSA) is 52.6 Å². The summed E-state index contributed by atoms with van der Waals surface area (Å²) >= 11 is 0. The molecule has 1 heterocycles. The zero-order valence-corrected chi connectivity index (χ0v) is 14.5. The Morgan fingerprint density at radius 3 is 2.41 bits per heavy atom. The van der Waals surface area contributed by atoms with Crippen LogP contribution in [-0.2, 0) is 19.1 Å². The zero-order valence-electron chi connectivity index (χ0n) is 14.5. The van der Waals surface area contributed by atoms with Crippen LogP contribution in [0.15, 0.2) is 0 Å². The van der Waals surface area contributed by atoms with Crippen LogP contribution in [0, 0.1) is 46.8 Å². The van der Waals surface area contributed by atoms with E-state index in [0.29, 0.717) is 18.4 Å². The van der Waals surface area contributed by atoms with Crippen LogP contribution in [0.2, 0.25) is 0 Å². The van der Waals surface area contributed by atoms with E-state index in [-0.39, 0.29) is 53.0 Å². The summed E-state index contributed by atoms with van der Waals surface area (Å²) in [4.78, 5) is 25.0. The highest BCUT2D eigenvalue weighted by Gasteiger charge is 2.76. The molecule has 2 bridgehead atoms. The van der Waals surface area contributed by atoms with Gasteiger partial charge in [0.2, 0.25) is 0 Å². The first-order valence-electron chi connectivity index (χ1n) is 8.55. The molecular formula is C18H28O4. The van der Waals surface area contributed by atoms with Crippen LogP contribution in [0.3, 0.4) is 0 Å². The smallest absolute Gasteiger partial charge is 0.313 e. The van der Waals surface area contributed by atoms with Gasteiger partial charge in [-0.1, -0.05) is 41.5 Å². The van der Waals surface area contributed by atoms with Gasteiger partial charge in [0.05, 0.1) is 18.4 Å². The van der Waals surface area contributed by atoms with Gasteiger partial charge >= 0.3 is 11.9 Å². The standard InChI is InChI=1S/C18H28O4/c1-8(2)7-21-16(19)12-13-10(9(3)4)11-14(18(13,5)6)15(12)22-17(11)20/h8-15H,7H2,1-6H3. The fraction of sp³-hybridized carbons (Fsp3) is 0.889. The second-order valence-corrected chi connectivity index (χ2v) is 8.67. The third kappa shape index (κ3) is 1.95. The van der Waals surface area contributed by atoms with Crippen LogP contribution >= 0.6 is 0 Å².